The lowest BCUT2D eigenvalue weighted by Gasteiger charge is -2.43. The Morgan fingerprint density at radius 3 is 2.84 bits per heavy atom. The zero-order valence-corrected chi connectivity index (χ0v) is 11.9. The molecule has 0 amide bonds. The van der Waals surface area contributed by atoms with E-state index >= 15 is 0 Å². The molecule has 0 bridgehead atoms. The molecule has 1 fully saturated rings. The fourth-order valence-corrected chi connectivity index (χ4v) is 2.49. The Kier molecular flexibility index (Phi) is 5.19. The molecule has 19 heavy (non-hydrogen) atoms. The summed E-state index contributed by atoms with van der Waals surface area (Å²) >= 11 is 0. The number of methoxy groups -OCH3 is 2. The minimum atomic E-state index is 0.158. The van der Waals surface area contributed by atoms with Gasteiger partial charge in [-0.15, -0.1) is 0 Å². The normalized spacial score (nSPS) is 25.9. The van der Waals surface area contributed by atoms with Gasteiger partial charge < -0.3 is 19.5 Å². The molecular weight excluding hydrogens is 242 g/mol. The average molecular weight is 265 g/mol. The monoisotopic (exact) mass is 265 g/mol. The van der Waals surface area contributed by atoms with Gasteiger partial charge in [0, 0.05) is 13.2 Å². The van der Waals surface area contributed by atoms with Crippen molar-refractivity contribution in [2.75, 3.05) is 20.8 Å². The van der Waals surface area contributed by atoms with Crippen molar-refractivity contribution in [2.24, 2.45) is 0 Å². The predicted molar refractivity (Wildman–Crippen MR) is 74.4 cm³/mol. The Bertz CT molecular complexity index is 397. The van der Waals surface area contributed by atoms with Gasteiger partial charge in [-0.3, -0.25) is 0 Å². The summed E-state index contributed by atoms with van der Waals surface area (Å²) in [6.07, 6.45) is 1.35. The summed E-state index contributed by atoms with van der Waals surface area (Å²) in [5.74, 6) is 0.864. The highest BCUT2D eigenvalue weighted by molar-refractivity contribution is 5.27. The van der Waals surface area contributed by atoms with Crippen molar-refractivity contribution < 1.29 is 14.2 Å². The lowest BCUT2D eigenvalue weighted by atomic mass is 9.85. The number of ether oxygens (including phenoxy) is 3. The molecule has 1 aliphatic carbocycles. The van der Waals surface area contributed by atoms with Gasteiger partial charge in [-0.25, -0.2) is 0 Å². The van der Waals surface area contributed by atoms with Crippen LogP contribution in [-0.2, 0) is 16.1 Å². The van der Waals surface area contributed by atoms with E-state index in [1.54, 1.807) is 14.2 Å². The first-order valence-corrected chi connectivity index (χ1v) is 6.79. The second-order valence-corrected chi connectivity index (χ2v) is 4.80. The van der Waals surface area contributed by atoms with E-state index in [1.807, 2.05) is 24.3 Å². The SMILES string of the molecule is CCNC1CC(OCc2cccc(OC)c2)C1OC. The number of hydrogen-bond donors (Lipinski definition) is 1. The molecule has 0 saturated heterocycles. The van der Waals surface area contributed by atoms with Crippen molar-refractivity contribution in [1.82, 2.24) is 5.32 Å². The molecule has 1 aliphatic rings. The van der Waals surface area contributed by atoms with Crippen LogP contribution in [0.1, 0.15) is 18.9 Å². The number of rotatable bonds is 7. The van der Waals surface area contributed by atoms with Crippen molar-refractivity contribution >= 4 is 0 Å². The lowest BCUT2D eigenvalue weighted by Crippen LogP contribution is -2.59. The smallest absolute Gasteiger partial charge is 0.119 e. The van der Waals surface area contributed by atoms with E-state index < -0.39 is 0 Å². The Balaban J connectivity index is 1.82. The van der Waals surface area contributed by atoms with Crippen LogP contribution in [0.25, 0.3) is 0 Å². The van der Waals surface area contributed by atoms with Crippen molar-refractivity contribution in [3.8, 4) is 5.75 Å². The summed E-state index contributed by atoms with van der Waals surface area (Å²) in [5.41, 5.74) is 1.13. The molecule has 4 heteroatoms. The molecule has 1 aromatic carbocycles. The quantitative estimate of drug-likeness (QED) is 0.818. The Morgan fingerprint density at radius 2 is 2.16 bits per heavy atom. The van der Waals surface area contributed by atoms with Gasteiger partial charge in [-0.2, -0.15) is 0 Å². The van der Waals surface area contributed by atoms with Crippen molar-refractivity contribution in [2.45, 2.75) is 38.2 Å². The van der Waals surface area contributed by atoms with Crippen LogP contribution < -0.4 is 10.1 Å². The van der Waals surface area contributed by atoms with E-state index in [2.05, 4.69) is 12.2 Å². The highest BCUT2D eigenvalue weighted by Gasteiger charge is 2.41. The lowest BCUT2D eigenvalue weighted by molar-refractivity contribution is -0.139. The standard InChI is InChI=1S/C15H23NO3/c1-4-16-13-9-14(15(13)18-3)19-10-11-6-5-7-12(8-11)17-2/h5-8,13-16H,4,9-10H2,1-3H3. The summed E-state index contributed by atoms with van der Waals surface area (Å²) in [4.78, 5) is 0. The number of benzene rings is 1. The predicted octanol–water partition coefficient (Wildman–Crippen LogP) is 1.98. The first kappa shape index (κ1) is 14.3. The van der Waals surface area contributed by atoms with Gasteiger partial charge in [0.2, 0.25) is 0 Å². The summed E-state index contributed by atoms with van der Waals surface area (Å²) in [7, 11) is 3.42. The fraction of sp³-hybridized carbons (Fsp3) is 0.600. The van der Waals surface area contributed by atoms with E-state index in [1.165, 1.54) is 0 Å². The number of hydrogen-bond acceptors (Lipinski definition) is 4. The molecule has 0 aromatic heterocycles. The van der Waals surface area contributed by atoms with E-state index in [-0.39, 0.29) is 12.2 Å². The molecule has 0 aliphatic heterocycles. The van der Waals surface area contributed by atoms with Gasteiger partial charge in [0.25, 0.3) is 0 Å². The molecular formula is C15H23NO3. The third kappa shape index (κ3) is 3.47. The molecule has 0 spiro atoms. The molecule has 3 atom stereocenters. The Morgan fingerprint density at radius 1 is 1.32 bits per heavy atom. The molecule has 4 nitrogen and oxygen atoms in total. The van der Waals surface area contributed by atoms with Crippen LogP contribution in [0.4, 0.5) is 0 Å². The van der Waals surface area contributed by atoms with Crippen LogP contribution in [0.2, 0.25) is 0 Å². The maximum atomic E-state index is 5.92. The van der Waals surface area contributed by atoms with Crippen molar-refractivity contribution in [3.05, 3.63) is 29.8 Å². The minimum absolute atomic E-state index is 0.158. The zero-order valence-electron chi connectivity index (χ0n) is 11.9. The Hall–Kier alpha value is -1.10. The van der Waals surface area contributed by atoms with Crippen LogP contribution >= 0.6 is 0 Å². The molecule has 2 rings (SSSR count). The molecule has 0 heterocycles. The summed E-state index contributed by atoms with van der Waals surface area (Å²) in [5, 5.41) is 3.40. The molecule has 1 saturated carbocycles. The molecule has 106 valence electrons. The van der Waals surface area contributed by atoms with Crippen LogP contribution in [0.15, 0.2) is 24.3 Å². The first-order chi connectivity index (χ1) is 9.28. The van der Waals surface area contributed by atoms with E-state index in [0.717, 1.165) is 24.3 Å². The molecule has 1 aromatic rings. The number of likely N-dealkylation sites (N-methyl/N-ethyl adjacent to an activating group) is 1. The minimum Gasteiger partial charge on any atom is -0.497 e. The average Bonchev–Trinajstić information content (AvgIpc) is 2.42. The van der Waals surface area contributed by atoms with E-state index in [4.69, 9.17) is 14.2 Å². The summed E-state index contributed by atoms with van der Waals surface area (Å²) < 4.78 is 16.6. The van der Waals surface area contributed by atoms with E-state index in [0.29, 0.717) is 12.6 Å². The van der Waals surface area contributed by atoms with Gasteiger partial charge in [-0.05, 0) is 30.7 Å². The largest absolute Gasteiger partial charge is 0.497 e. The van der Waals surface area contributed by atoms with E-state index in [9.17, 15) is 0 Å². The van der Waals surface area contributed by atoms with Crippen LogP contribution in [-0.4, -0.2) is 39.0 Å². The highest BCUT2D eigenvalue weighted by atomic mass is 16.5. The van der Waals surface area contributed by atoms with Gasteiger partial charge in [0.15, 0.2) is 0 Å². The number of nitrogens with one attached hydrogen (secondary N) is 1. The maximum Gasteiger partial charge on any atom is 0.119 e. The molecule has 0 radical (unpaired) electrons. The van der Waals surface area contributed by atoms with Gasteiger partial charge in [0.1, 0.15) is 5.75 Å². The van der Waals surface area contributed by atoms with Crippen LogP contribution in [0.3, 0.4) is 0 Å². The topological polar surface area (TPSA) is 39.7 Å². The van der Waals surface area contributed by atoms with Gasteiger partial charge in [0.05, 0.1) is 25.9 Å². The second kappa shape index (κ2) is 6.89. The zero-order chi connectivity index (χ0) is 13.7. The first-order valence-electron chi connectivity index (χ1n) is 6.79. The molecule has 1 N–H and O–H groups in total. The summed E-state index contributed by atoms with van der Waals surface area (Å²) in [6, 6.07) is 8.39. The van der Waals surface area contributed by atoms with Crippen LogP contribution in [0, 0.1) is 0 Å². The maximum absolute atomic E-state index is 5.92. The highest BCUT2D eigenvalue weighted by Crippen LogP contribution is 2.28. The third-order valence-corrected chi connectivity index (χ3v) is 3.59. The van der Waals surface area contributed by atoms with Gasteiger partial charge >= 0.3 is 0 Å². The summed E-state index contributed by atoms with van der Waals surface area (Å²) in [6.45, 7) is 3.67. The van der Waals surface area contributed by atoms with Crippen molar-refractivity contribution in [1.29, 1.82) is 0 Å². The van der Waals surface area contributed by atoms with Crippen molar-refractivity contribution in [3.63, 3.8) is 0 Å². The van der Waals surface area contributed by atoms with Gasteiger partial charge in [-0.1, -0.05) is 19.1 Å². The second-order valence-electron chi connectivity index (χ2n) is 4.80. The fourth-order valence-electron chi connectivity index (χ4n) is 2.49. The Labute approximate surface area is 115 Å². The van der Waals surface area contributed by atoms with Crippen LogP contribution in [0.5, 0.6) is 5.75 Å². The third-order valence-electron chi connectivity index (χ3n) is 3.59. The molecule has 3 unspecified atom stereocenters.